The molecular weight excluding hydrogens is 546 g/mol. The van der Waals surface area contributed by atoms with Crippen LogP contribution in [0.4, 0.5) is 0 Å². The Morgan fingerprint density at radius 2 is 1.88 bits per heavy atom. The van der Waals surface area contributed by atoms with E-state index in [9.17, 15) is 14.7 Å². The van der Waals surface area contributed by atoms with Crippen molar-refractivity contribution < 1.29 is 28.9 Å². The van der Waals surface area contributed by atoms with Crippen molar-refractivity contribution in [2.45, 2.75) is 45.1 Å². The first-order valence-corrected chi connectivity index (χ1v) is 14.3. The highest BCUT2D eigenvalue weighted by Gasteiger charge is 2.46. The van der Waals surface area contributed by atoms with Gasteiger partial charge >= 0.3 is 0 Å². The molecule has 1 saturated heterocycles. The lowest BCUT2D eigenvalue weighted by molar-refractivity contribution is -0.139. The molecule has 6 rings (SSSR count). The Labute approximate surface area is 250 Å². The van der Waals surface area contributed by atoms with Crippen LogP contribution >= 0.6 is 0 Å². The molecular formula is C34H33N3O6. The third kappa shape index (κ3) is 5.70. The Morgan fingerprint density at radius 3 is 2.65 bits per heavy atom. The van der Waals surface area contributed by atoms with E-state index in [2.05, 4.69) is 4.98 Å². The minimum absolute atomic E-state index is 0.0311. The second-order valence-electron chi connectivity index (χ2n) is 10.8. The molecule has 2 aliphatic rings. The number of hydrogen-bond donors (Lipinski definition) is 1. The summed E-state index contributed by atoms with van der Waals surface area (Å²) >= 11 is 0. The maximum absolute atomic E-state index is 13.6. The highest BCUT2D eigenvalue weighted by atomic mass is 16.5. The zero-order valence-electron chi connectivity index (χ0n) is 24.1. The molecule has 1 aromatic heterocycles. The highest BCUT2D eigenvalue weighted by Crippen LogP contribution is 2.43. The lowest BCUT2D eigenvalue weighted by Gasteiger charge is -2.26. The number of likely N-dealkylation sites (tertiary alicyclic amines) is 1. The number of fused-ring (bicyclic) bond motifs is 1. The number of aliphatic hydroxyl groups excluding tert-OH is 1. The SMILES string of the molecule is COc1cc([C@H]2/C(=C(\O)c3ccc4c(c3)C[C@H](C)O4)C(=O)C(=O)N2CCCn2ccnc2)ccc1OCc1ccccc1. The third-order valence-electron chi connectivity index (χ3n) is 7.82. The van der Waals surface area contributed by atoms with Gasteiger partial charge < -0.3 is 28.8 Å². The topological polar surface area (TPSA) is 103 Å². The molecule has 3 heterocycles. The monoisotopic (exact) mass is 579 g/mol. The number of nitrogens with zero attached hydrogens (tertiary/aromatic N) is 3. The van der Waals surface area contributed by atoms with Crippen molar-refractivity contribution in [3.05, 3.63) is 113 Å². The van der Waals surface area contributed by atoms with Crippen LogP contribution in [0, 0.1) is 0 Å². The van der Waals surface area contributed by atoms with Crippen LogP contribution in [-0.4, -0.2) is 51.0 Å². The summed E-state index contributed by atoms with van der Waals surface area (Å²) in [5.74, 6) is 0.154. The van der Waals surface area contributed by atoms with Crippen LogP contribution in [0.25, 0.3) is 5.76 Å². The number of carbonyl (C=O) groups excluding carboxylic acids is 2. The fourth-order valence-electron chi connectivity index (χ4n) is 5.73. The van der Waals surface area contributed by atoms with Crippen molar-refractivity contribution in [2.24, 2.45) is 0 Å². The van der Waals surface area contributed by atoms with E-state index in [1.165, 1.54) is 4.90 Å². The van der Waals surface area contributed by atoms with Crippen LogP contribution in [0.2, 0.25) is 0 Å². The number of rotatable bonds is 10. The van der Waals surface area contributed by atoms with Gasteiger partial charge in [-0.3, -0.25) is 9.59 Å². The summed E-state index contributed by atoms with van der Waals surface area (Å²) in [6.07, 6.45) is 6.57. The summed E-state index contributed by atoms with van der Waals surface area (Å²) in [5.41, 5.74) is 3.09. The predicted octanol–water partition coefficient (Wildman–Crippen LogP) is 5.31. The minimum Gasteiger partial charge on any atom is -0.507 e. The van der Waals surface area contributed by atoms with Crippen LogP contribution in [0.5, 0.6) is 17.2 Å². The molecule has 9 heteroatoms. The van der Waals surface area contributed by atoms with Gasteiger partial charge in [0.15, 0.2) is 11.5 Å². The molecule has 1 fully saturated rings. The first-order chi connectivity index (χ1) is 20.9. The van der Waals surface area contributed by atoms with Gasteiger partial charge in [0.25, 0.3) is 11.7 Å². The predicted molar refractivity (Wildman–Crippen MR) is 160 cm³/mol. The van der Waals surface area contributed by atoms with Crippen molar-refractivity contribution in [3.63, 3.8) is 0 Å². The number of benzene rings is 3. The van der Waals surface area contributed by atoms with E-state index < -0.39 is 17.7 Å². The van der Waals surface area contributed by atoms with Gasteiger partial charge in [-0.1, -0.05) is 36.4 Å². The molecule has 0 bridgehead atoms. The molecule has 3 aromatic carbocycles. The lowest BCUT2D eigenvalue weighted by Crippen LogP contribution is -2.31. The summed E-state index contributed by atoms with van der Waals surface area (Å²) in [5, 5.41) is 11.6. The highest BCUT2D eigenvalue weighted by molar-refractivity contribution is 6.46. The first-order valence-electron chi connectivity index (χ1n) is 14.3. The second kappa shape index (κ2) is 12.1. The number of amides is 1. The van der Waals surface area contributed by atoms with Crippen LogP contribution in [0.3, 0.4) is 0 Å². The zero-order chi connectivity index (χ0) is 29.9. The fraction of sp³-hybridized carbons (Fsp3) is 0.265. The quantitative estimate of drug-likeness (QED) is 0.154. The van der Waals surface area contributed by atoms with Gasteiger partial charge in [0.05, 0.1) is 25.1 Å². The number of Topliss-reactive ketones (excluding diaryl/α,β-unsaturated/α-hetero) is 1. The fourth-order valence-corrected chi connectivity index (χ4v) is 5.73. The molecule has 2 aliphatic heterocycles. The Hall–Kier alpha value is -5.05. The van der Waals surface area contributed by atoms with Gasteiger partial charge in [-0.15, -0.1) is 0 Å². The average Bonchev–Trinajstić information content (AvgIpc) is 3.74. The molecule has 9 nitrogen and oxygen atoms in total. The van der Waals surface area contributed by atoms with Gasteiger partial charge in [-0.05, 0) is 60.4 Å². The van der Waals surface area contributed by atoms with Crippen LogP contribution in [0.15, 0.2) is 91.0 Å². The van der Waals surface area contributed by atoms with Gasteiger partial charge in [0.1, 0.15) is 24.2 Å². The summed E-state index contributed by atoms with van der Waals surface area (Å²) in [7, 11) is 1.55. The molecule has 1 amide bonds. The van der Waals surface area contributed by atoms with E-state index in [0.29, 0.717) is 55.2 Å². The van der Waals surface area contributed by atoms with E-state index in [-0.39, 0.29) is 17.4 Å². The van der Waals surface area contributed by atoms with Gasteiger partial charge in [0.2, 0.25) is 0 Å². The Bertz CT molecular complexity index is 1660. The maximum Gasteiger partial charge on any atom is 0.295 e. The molecule has 2 atom stereocenters. The van der Waals surface area contributed by atoms with Crippen LogP contribution in [-0.2, 0) is 29.2 Å². The zero-order valence-corrected chi connectivity index (χ0v) is 24.1. The largest absolute Gasteiger partial charge is 0.507 e. The number of ketones is 1. The number of aliphatic hydroxyl groups is 1. The lowest BCUT2D eigenvalue weighted by atomic mass is 9.94. The molecule has 220 valence electrons. The number of ether oxygens (including phenoxy) is 3. The van der Waals surface area contributed by atoms with E-state index in [0.717, 1.165) is 16.9 Å². The number of methoxy groups -OCH3 is 1. The van der Waals surface area contributed by atoms with Gasteiger partial charge in [-0.2, -0.15) is 0 Å². The summed E-state index contributed by atoms with van der Waals surface area (Å²) in [6.45, 7) is 3.25. The average molecular weight is 580 g/mol. The van der Waals surface area contributed by atoms with Gasteiger partial charge in [-0.25, -0.2) is 4.98 Å². The number of aryl methyl sites for hydroxylation is 1. The van der Waals surface area contributed by atoms with Crippen LogP contribution in [0.1, 0.15) is 41.6 Å². The van der Waals surface area contributed by atoms with Crippen LogP contribution < -0.4 is 14.2 Å². The van der Waals surface area contributed by atoms with E-state index >= 15 is 0 Å². The van der Waals surface area contributed by atoms with E-state index in [1.807, 2.05) is 60.2 Å². The molecule has 0 saturated carbocycles. The molecule has 0 aliphatic carbocycles. The van der Waals surface area contributed by atoms with Crippen molar-refractivity contribution in [1.82, 2.24) is 14.5 Å². The number of aromatic nitrogens is 2. The minimum atomic E-state index is -0.816. The molecule has 0 spiro atoms. The number of imidazole rings is 1. The molecule has 0 unspecified atom stereocenters. The first kappa shape index (κ1) is 28.1. The van der Waals surface area contributed by atoms with Crippen molar-refractivity contribution in [2.75, 3.05) is 13.7 Å². The number of hydrogen-bond acceptors (Lipinski definition) is 7. The standard InChI is InChI=1S/C34H33N3O6/c1-22-17-26-18-25(10-11-27(26)43-22)32(38)30-31(37(34(40)33(30)39)15-6-14-36-16-13-35-21-36)24-9-12-28(29(19-24)41-2)42-20-23-7-4-3-5-8-23/h3-5,7-13,16,18-19,21-22,31,38H,6,14-15,17,20H2,1-2H3/b32-30+/t22-,31-/m0/s1. The van der Waals surface area contributed by atoms with E-state index in [1.54, 1.807) is 43.9 Å². The summed E-state index contributed by atoms with van der Waals surface area (Å²) in [4.78, 5) is 32.6. The Morgan fingerprint density at radius 1 is 1.05 bits per heavy atom. The Kier molecular flexibility index (Phi) is 7.87. The molecule has 0 radical (unpaired) electrons. The summed E-state index contributed by atoms with van der Waals surface area (Å²) < 4.78 is 19.5. The second-order valence-corrected chi connectivity index (χ2v) is 10.8. The van der Waals surface area contributed by atoms with Crippen molar-refractivity contribution >= 4 is 17.4 Å². The van der Waals surface area contributed by atoms with Crippen molar-refractivity contribution in [1.29, 1.82) is 0 Å². The third-order valence-corrected chi connectivity index (χ3v) is 7.82. The Balaban J connectivity index is 1.36. The normalized spacial score (nSPS) is 18.9. The van der Waals surface area contributed by atoms with E-state index in [4.69, 9.17) is 14.2 Å². The van der Waals surface area contributed by atoms with Gasteiger partial charge in [0, 0.05) is 37.5 Å². The molecule has 43 heavy (non-hydrogen) atoms. The van der Waals surface area contributed by atoms with Crippen molar-refractivity contribution in [3.8, 4) is 17.2 Å². The number of carbonyl (C=O) groups is 2. The molecule has 1 N–H and O–H groups in total. The molecule has 4 aromatic rings. The summed E-state index contributed by atoms with van der Waals surface area (Å²) in [6, 6.07) is 19.7. The maximum atomic E-state index is 13.6. The smallest absolute Gasteiger partial charge is 0.295 e.